The molecule has 3 nitrogen and oxygen atoms in total. The molecule has 1 saturated carbocycles. The van der Waals surface area contributed by atoms with Gasteiger partial charge in [-0.25, -0.2) is 0 Å². The first kappa shape index (κ1) is 24.7. The van der Waals surface area contributed by atoms with Crippen molar-refractivity contribution in [2.75, 3.05) is 0 Å². The van der Waals surface area contributed by atoms with Crippen molar-refractivity contribution < 1.29 is 9.53 Å². The summed E-state index contributed by atoms with van der Waals surface area (Å²) in [6, 6.07) is 15.5. The van der Waals surface area contributed by atoms with Gasteiger partial charge in [-0.3, -0.25) is 4.79 Å². The van der Waals surface area contributed by atoms with Crippen LogP contribution in [0.4, 0.5) is 0 Å². The number of halogens is 2. The second-order valence-electron chi connectivity index (χ2n) is 9.09. The molecule has 6 heteroatoms. The van der Waals surface area contributed by atoms with Crippen LogP contribution in [-0.2, 0) is 9.53 Å². The van der Waals surface area contributed by atoms with E-state index in [9.17, 15) is 4.79 Å². The lowest BCUT2D eigenvalue weighted by molar-refractivity contribution is -0.178. The van der Waals surface area contributed by atoms with Crippen LogP contribution in [0, 0.1) is 0 Å². The Morgan fingerprint density at radius 3 is 2.55 bits per heavy atom. The monoisotopic (exact) mass is 503 g/mol. The summed E-state index contributed by atoms with van der Waals surface area (Å²) in [5.41, 5.74) is 2.00. The topological polar surface area (TPSA) is 29.5 Å². The van der Waals surface area contributed by atoms with Gasteiger partial charge in [0, 0.05) is 27.8 Å². The maximum atomic E-state index is 13.9. The number of amides is 1. The third-order valence-corrected chi connectivity index (χ3v) is 8.35. The molecule has 1 aliphatic heterocycles. The fourth-order valence-corrected chi connectivity index (χ4v) is 6.88. The molecule has 5 atom stereocenters. The Bertz CT molecular complexity index is 980. The predicted molar refractivity (Wildman–Crippen MR) is 139 cm³/mol. The summed E-state index contributed by atoms with van der Waals surface area (Å²) >= 11 is 14.6. The smallest absolute Gasteiger partial charge is 0.252 e. The molecule has 0 radical (unpaired) electrons. The van der Waals surface area contributed by atoms with Gasteiger partial charge in [0.25, 0.3) is 5.91 Å². The Morgan fingerprint density at radius 2 is 1.88 bits per heavy atom. The highest BCUT2D eigenvalue weighted by atomic mass is 35.5. The van der Waals surface area contributed by atoms with Gasteiger partial charge in [0.05, 0.1) is 6.04 Å². The molecule has 2 aromatic carbocycles. The van der Waals surface area contributed by atoms with E-state index < -0.39 is 6.10 Å². The summed E-state index contributed by atoms with van der Waals surface area (Å²) in [5, 5.41) is 2.25. The number of carbonyl (C=O) groups is 1. The number of nitrogens with zero attached hydrogens (tertiary/aromatic N) is 1. The normalized spacial score (nSPS) is 27.8. The van der Waals surface area contributed by atoms with Crippen molar-refractivity contribution in [2.24, 2.45) is 0 Å². The minimum Gasteiger partial charge on any atom is -0.358 e. The van der Waals surface area contributed by atoms with Crippen LogP contribution in [0.2, 0.25) is 10.0 Å². The van der Waals surface area contributed by atoms with Gasteiger partial charge in [-0.1, -0.05) is 73.8 Å². The molecule has 33 heavy (non-hydrogen) atoms. The average molecular weight is 505 g/mol. The van der Waals surface area contributed by atoms with E-state index in [1.54, 1.807) is 6.08 Å². The van der Waals surface area contributed by atoms with Gasteiger partial charge in [-0.15, -0.1) is 6.58 Å². The Morgan fingerprint density at radius 1 is 1.12 bits per heavy atom. The molecule has 0 N–H and O–H groups in total. The molecule has 1 saturated heterocycles. The van der Waals surface area contributed by atoms with Gasteiger partial charge in [0.2, 0.25) is 0 Å². The van der Waals surface area contributed by atoms with E-state index >= 15 is 0 Å². The first-order valence-electron chi connectivity index (χ1n) is 11.6. The molecule has 1 amide bonds. The van der Waals surface area contributed by atoms with Crippen LogP contribution in [0.3, 0.4) is 0 Å². The zero-order valence-electron chi connectivity index (χ0n) is 19.1. The van der Waals surface area contributed by atoms with E-state index in [-0.39, 0.29) is 24.1 Å². The predicted octanol–water partition coefficient (Wildman–Crippen LogP) is 7.64. The number of hydrogen-bond acceptors (Lipinski definition) is 3. The molecular formula is C27H31Cl2NO2S. The Labute approximate surface area is 211 Å². The van der Waals surface area contributed by atoms with Gasteiger partial charge in [0.15, 0.2) is 0 Å². The number of hydrogen-bond donors (Lipinski definition) is 0. The van der Waals surface area contributed by atoms with Crippen LogP contribution in [0.25, 0.3) is 0 Å². The number of thioether (sulfide) groups is 1. The van der Waals surface area contributed by atoms with Gasteiger partial charge in [-0.05, 0) is 53.5 Å². The highest BCUT2D eigenvalue weighted by molar-refractivity contribution is 8.00. The molecule has 2 aromatic rings. The van der Waals surface area contributed by atoms with Gasteiger partial charge in [-0.2, -0.15) is 11.8 Å². The fourth-order valence-electron chi connectivity index (χ4n) is 5.11. The molecule has 2 aliphatic rings. The second kappa shape index (κ2) is 10.9. The highest BCUT2D eigenvalue weighted by Crippen LogP contribution is 2.48. The summed E-state index contributed by atoms with van der Waals surface area (Å²) in [6.45, 7) is 8.33. The maximum Gasteiger partial charge on any atom is 0.252 e. The lowest BCUT2D eigenvalue weighted by Gasteiger charge is -2.48. The second-order valence-corrected chi connectivity index (χ2v) is 11.8. The Kier molecular flexibility index (Phi) is 8.11. The van der Waals surface area contributed by atoms with E-state index in [2.05, 4.69) is 25.3 Å². The molecule has 2 fully saturated rings. The van der Waals surface area contributed by atoms with Crippen molar-refractivity contribution >= 4 is 40.9 Å². The van der Waals surface area contributed by atoms with E-state index in [0.717, 1.165) is 30.4 Å². The Balaban J connectivity index is 1.83. The van der Waals surface area contributed by atoms with Crippen LogP contribution >= 0.6 is 35.0 Å². The van der Waals surface area contributed by atoms with Gasteiger partial charge >= 0.3 is 0 Å². The first-order chi connectivity index (χ1) is 15.9. The number of rotatable bonds is 7. The minimum absolute atomic E-state index is 0.0504. The number of benzene rings is 2. The largest absolute Gasteiger partial charge is 0.358 e. The molecular weight excluding hydrogens is 473 g/mol. The number of morpholine rings is 1. The highest BCUT2D eigenvalue weighted by Gasteiger charge is 2.49. The summed E-state index contributed by atoms with van der Waals surface area (Å²) in [4.78, 5) is 16.1. The summed E-state index contributed by atoms with van der Waals surface area (Å²) < 4.78 is 6.52. The molecule has 1 aliphatic carbocycles. The van der Waals surface area contributed by atoms with E-state index in [0.29, 0.717) is 27.0 Å². The van der Waals surface area contributed by atoms with Crippen molar-refractivity contribution in [2.45, 2.75) is 74.3 Å². The van der Waals surface area contributed by atoms with Crippen molar-refractivity contribution in [1.82, 2.24) is 4.90 Å². The van der Waals surface area contributed by atoms with E-state index in [1.807, 2.05) is 60.3 Å². The lowest BCUT2D eigenvalue weighted by Crippen LogP contribution is -2.56. The summed E-state index contributed by atoms with van der Waals surface area (Å²) in [7, 11) is 0. The fraction of sp³-hybridized carbons (Fsp3) is 0.444. The molecule has 0 bridgehead atoms. The van der Waals surface area contributed by atoms with Crippen molar-refractivity contribution in [3.05, 3.63) is 82.4 Å². The summed E-state index contributed by atoms with van der Waals surface area (Å²) in [6.07, 6.45) is 4.61. The maximum absolute atomic E-state index is 13.9. The van der Waals surface area contributed by atoms with Gasteiger partial charge in [0.1, 0.15) is 12.2 Å². The van der Waals surface area contributed by atoms with Crippen molar-refractivity contribution in [3.63, 3.8) is 0 Å². The number of carbonyl (C=O) groups excluding carboxylic acids is 1. The quantitative estimate of drug-likeness (QED) is 0.363. The zero-order valence-corrected chi connectivity index (χ0v) is 21.5. The van der Waals surface area contributed by atoms with E-state index in [1.165, 1.54) is 0 Å². The molecule has 0 spiro atoms. The van der Waals surface area contributed by atoms with Gasteiger partial charge < -0.3 is 9.64 Å². The number of ether oxygens (including phenoxy) is 1. The minimum atomic E-state index is -0.555. The third-order valence-electron chi connectivity index (χ3n) is 6.42. The van der Waals surface area contributed by atoms with Crippen LogP contribution < -0.4 is 0 Å². The molecule has 0 aromatic heterocycles. The molecule has 4 rings (SSSR count). The molecule has 0 unspecified atom stereocenters. The van der Waals surface area contributed by atoms with E-state index in [4.69, 9.17) is 27.9 Å². The van der Waals surface area contributed by atoms with Crippen molar-refractivity contribution in [3.8, 4) is 0 Å². The first-order valence-corrected chi connectivity index (χ1v) is 13.3. The van der Waals surface area contributed by atoms with Crippen molar-refractivity contribution in [1.29, 1.82) is 0 Å². The Hall–Kier alpha value is -1.46. The molecule has 176 valence electrons. The lowest BCUT2D eigenvalue weighted by atomic mass is 9.89. The zero-order chi connectivity index (χ0) is 23.5. The standard InChI is InChI=1S/C27H31Cl2NO2S/c1-4-7-23-27(31)30(22-10-6-11-24(22)33-17(2)3)25(18-12-14-20(28)15-13-18)26(32-23)19-8-5-9-21(29)16-19/h4-5,8-9,12-17,22-26H,1,6-7,10-11H2,2-3H3/t22-,23+,24-,25-,26-/m1/s1. The average Bonchev–Trinajstić information content (AvgIpc) is 3.22. The van der Waals surface area contributed by atoms with Crippen LogP contribution in [0.1, 0.15) is 62.8 Å². The van der Waals surface area contributed by atoms with Crippen LogP contribution in [0.15, 0.2) is 61.2 Å². The SMILES string of the molecule is C=CC[C@@H]1O[C@H](c2cccc(Cl)c2)[C@@H](c2ccc(Cl)cc2)N([C@@H]2CCC[C@H]2SC(C)C)C1=O. The summed E-state index contributed by atoms with van der Waals surface area (Å²) in [5.74, 6) is 0.0504. The molecule has 1 heterocycles. The third kappa shape index (κ3) is 5.45. The van der Waals surface area contributed by atoms with Crippen LogP contribution in [-0.4, -0.2) is 33.5 Å². The van der Waals surface area contributed by atoms with Crippen LogP contribution in [0.5, 0.6) is 0 Å².